The smallest absolute Gasteiger partial charge is 0.189 e. The van der Waals surface area contributed by atoms with Crippen molar-refractivity contribution in [1.29, 1.82) is 0 Å². The molecule has 0 saturated carbocycles. The van der Waals surface area contributed by atoms with E-state index in [-0.39, 0.29) is 5.82 Å². The van der Waals surface area contributed by atoms with E-state index >= 15 is 0 Å². The van der Waals surface area contributed by atoms with E-state index in [2.05, 4.69) is 41.3 Å². The van der Waals surface area contributed by atoms with E-state index in [9.17, 15) is 4.39 Å². The van der Waals surface area contributed by atoms with Crippen LogP contribution < -0.4 is 11.1 Å². The quantitative estimate of drug-likeness (QED) is 0.325. The summed E-state index contributed by atoms with van der Waals surface area (Å²) in [5.74, 6) is 0.548. The van der Waals surface area contributed by atoms with Gasteiger partial charge < -0.3 is 11.1 Å². The van der Waals surface area contributed by atoms with Gasteiger partial charge in [0.1, 0.15) is 21.5 Å². The van der Waals surface area contributed by atoms with Gasteiger partial charge >= 0.3 is 0 Å². The Morgan fingerprint density at radius 1 is 1.13 bits per heavy atom. The summed E-state index contributed by atoms with van der Waals surface area (Å²) in [6.45, 7) is 5.98. The van der Waals surface area contributed by atoms with Gasteiger partial charge in [0.05, 0.1) is 5.69 Å². The summed E-state index contributed by atoms with van der Waals surface area (Å²) >= 11 is 9.00. The number of hydrogen-bond donors (Lipinski definition) is 2. The molecule has 0 aliphatic rings. The zero-order valence-electron chi connectivity index (χ0n) is 16.7. The molecule has 0 amide bonds. The second kappa shape index (κ2) is 8.34. The van der Waals surface area contributed by atoms with Crippen LogP contribution in [0.15, 0.2) is 41.8 Å². The number of nitrogens with zero attached hydrogens (tertiary/aromatic N) is 2. The van der Waals surface area contributed by atoms with E-state index in [1.54, 1.807) is 13.0 Å². The molecule has 2 aromatic heterocycles. The molecule has 4 aromatic rings. The minimum Gasteiger partial charge on any atom is -0.382 e. The fourth-order valence-electron chi connectivity index (χ4n) is 2.92. The normalized spacial score (nSPS) is 11.3. The van der Waals surface area contributed by atoms with E-state index in [4.69, 9.17) is 17.3 Å². The molecule has 0 radical (unpaired) electrons. The maximum atomic E-state index is 14.1. The summed E-state index contributed by atoms with van der Waals surface area (Å²) < 4.78 is 14.1. The summed E-state index contributed by atoms with van der Waals surface area (Å²) in [6, 6.07) is 11.4. The highest BCUT2D eigenvalue weighted by Gasteiger charge is 2.16. The Bertz CT molecular complexity index is 1180. The summed E-state index contributed by atoms with van der Waals surface area (Å²) in [5.41, 5.74) is 10.1. The Balaban J connectivity index is 1.58. The minimum atomic E-state index is -0.348. The maximum Gasteiger partial charge on any atom is 0.189 e. The van der Waals surface area contributed by atoms with Crippen molar-refractivity contribution in [1.82, 2.24) is 9.97 Å². The molecule has 30 heavy (non-hydrogen) atoms. The molecule has 0 aliphatic carbocycles. The molecule has 4 nitrogen and oxygen atoms in total. The third kappa shape index (κ3) is 4.19. The largest absolute Gasteiger partial charge is 0.382 e. The van der Waals surface area contributed by atoms with Crippen LogP contribution in [-0.4, -0.2) is 9.97 Å². The van der Waals surface area contributed by atoms with Crippen LogP contribution in [0.4, 0.5) is 21.0 Å². The number of halogens is 2. The lowest BCUT2D eigenvalue weighted by Gasteiger charge is -2.07. The van der Waals surface area contributed by atoms with Gasteiger partial charge in [-0.25, -0.2) is 14.4 Å². The summed E-state index contributed by atoms with van der Waals surface area (Å²) in [4.78, 5) is 9.85. The number of nitrogens with one attached hydrogen (secondary N) is 1. The lowest BCUT2D eigenvalue weighted by atomic mass is 10.0. The van der Waals surface area contributed by atoms with Gasteiger partial charge in [0, 0.05) is 27.2 Å². The molecule has 2 heterocycles. The third-order valence-corrected chi connectivity index (χ3v) is 7.13. The number of nitrogens with two attached hydrogens (primary N) is 1. The van der Waals surface area contributed by atoms with Crippen LogP contribution in [0, 0.1) is 12.7 Å². The van der Waals surface area contributed by atoms with Crippen LogP contribution in [0.3, 0.4) is 0 Å². The van der Waals surface area contributed by atoms with Gasteiger partial charge in [-0.2, -0.15) is 0 Å². The van der Waals surface area contributed by atoms with Gasteiger partial charge in [-0.3, -0.25) is 0 Å². The van der Waals surface area contributed by atoms with Crippen molar-refractivity contribution in [2.75, 3.05) is 11.1 Å². The zero-order valence-corrected chi connectivity index (χ0v) is 19.1. The average molecular weight is 459 g/mol. The number of rotatable bonds is 5. The second-order valence-electron chi connectivity index (χ2n) is 7.24. The van der Waals surface area contributed by atoms with Gasteiger partial charge in [0.2, 0.25) is 0 Å². The molecular formula is C22H20ClFN4S2. The summed E-state index contributed by atoms with van der Waals surface area (Å²) in [6.07, 6.45) is 0. The van der Waals surface area contributed by atoms with E-state index in [0.717, 1.165) is 15.6 Å². The Morgan fingerprint density at radius 3 is 2.53 bits per heavy atom. The molecule has 8 heteroatoms. The van der Waals surface area contributed by atoms with E-state index in [1.807, 2.05) is 17.5 Å². The fourth-order valence-corrected chi connectivity index (χ4v) is 4.96. The number of nitrogen functional groups attached to an aromatic ring is 1. The molecule has 0 fully saturated rings. The molecule has 154 valence electrons. The van der Waals surface area contributed by atoms with Gasteiger partial charge in [-0.05, 0) is 42.7 Å². The van der Waals surface area contributed by atoms with Crippen molar-refractivity contribution in [2.45, 2.75) is 26.7 Å². The van der Waals surface area contributed by atoms with Crippen molar-refractivity contribution in [3.05, 3.63) is 63.7 Å². The predicted molar refractivity (Wildman–Crippen MR) is 127 cm³/mol. The number of benzene rings is 2. The van der Waals surface area contributed by atoms with E-state index < -0.39 is 0 Å². The molecule has 0 aliphatic heterocycles. The lowest BCUT2D eigenvalue weighted by molar-refractivity contribution is 0.619. The SMILES string of the molecule is Cc1c(F)cc(-c2csc(-c3sc(Nc4ccc(C(C)C)cc4)nc3N)n2)cc1Cl. The topological polar surface area (TPSA) is 63.8 Å². The van der Waals surface area contributed by atoms with E-state index in [1.165, 1.54) is 34.3 Å². The molecule has 2 aromatic carbocycles. The van der Waals surface area contributed by atoms with Crippen LogP contribution in [0.5, 0.6) is 0 Å². The van der Waals surface area contributed by atoms with Crippen LogP contribution >= 0.6 is 34.3 Å². The van der Waals surface area contributed by atoms with Crippen LogP contribution in [0.2, 0.25) is 5.02 Å². The van der Waals surface area contributed by atoms with Crippen molar-refractivity contribution in [3.63, 3.8) is 0 Å². The molecular weight excluding hydrogens is 439 g/mol. The number of hydrogen-bond acceptors (Lipinski definition) is 6. The third-order valence-electron chi connectivity index (χ3n) is 4.76. The Kier molecular flexibility index (Phi) is 5.77. The van der Waals surface area contributed by atoms with Crippen LogP contribution in [0.1, 0.15) is 30.9 Å². The standard InChI is InChI=1S/C22H20ClFN4S2/c1-11(2)13-4-6-15(7-5-13)26-22-28-20(25)19(30-22)21-27-18(10-29-21)14-8-16(23)12(3)17(24)9-14/h4-11H,25H2,1-3H3,(H,26,28). The zero-order chi connectivity index (χ0) is 21.4. The Hall–Kier alpha value is -2.48. The van der Waals surface area contributed by atoms with E-state index in [0.29, 0.717) is 38.7 Å². The monoisotopic (exact) mass is 458 g/mol. The first-order valence-electron chi connectivity index (χ1n) is 9.37. The fraction of sp³-hybridized carbons (Fsp3) is 0.182. The van der Waals surface area contributed by atoms with Crippen LogP contribution in [0.25, 0.3) is 21.1 Å². The van der Waals surface area contributed by atoms with Crippen LogP contribution in [-0.2, 0) is 0 Å². The summed E-state index contributed by atoms with van der Waals surface area (Å²) in [7, 11) is 0. The minimum absolute atomic E-state index is 0.348. The molecule has 0 spiro atoms. The second-order valence-corrected chi connectivity index (χ2v) is 9.50. The van der Waals surface area contributed by atoms with Crippen molar-refractivity contribution < 1.29 is 4.39 Å². The van der Waals surface area contributed by atoms with Crippen molar-refractivity contribution >= 4 is 50.9 Å². The molecule has 0 saturated heterocycles. The lowest BCUT2D eigenvalue weighted by Crippen LogP contribution is -1.92. The Labute approximate surface area is 187 Å². The highest BCUT2D eigenvalue weighted by atomic mass is 35.5. The first kappa shape index (κ1) is 20.8. The predicted octanol–water partition coefficient (Wildman–Crippen LogP) is 7.48. The highest BCUT2D eigenvalue weighted by molar-refractivity contribution is 7.23. The molecule has 3 N–H and O–H groups in total. The number of anilines is 3. The van der Waals surface area contributed by atoms with Gasteiger partial charge in [-0.1, -0.05) is 48.9 Å². The first-order valence-corrected chi connectivity index (χ1v) is 11.4. The van der Waals surface area contributed by atoms with Gasteiger partial charge in [0.25, 0.3) is 0 Å². The first-order chi connectivity index (χ1) is 14.3. The van der Waals surface area contributed by atoms with Crippen molar-refractivity contribution in [3.8, 4) is 21.1 Å². The summed E-state index contributed by atoms with van der Waals surface area (Å²) in [5, 5.41) is 6.98. The van der Waals surface area contributed by atoms with Gasteiger partial charge in [0.15, 0.2) is 5.13 Å². The number of aromatic nitrogens is 2. The number of thiazole rings is 2. The average Bonchev–Trinajstić information content (AvgIpc) is 3.33. The highest BCUT2D eigenvalue weighted by Crippen LogP contribution is 2.39. The molecule has 0 atom stereocenters. The molecule has 0 unspecified atom stereocenters. The molecule has 4 rings (SSSR count). The molecule has 0 bridgehead atoms. The van der Waals surface area contributed by atoms with Gasteiger partial charge in [-0.15, -0.1) is 11.3 Å². The van der Waals surface area contributed by atoms with Crippen molar-refractivity contribution in [2.24, 2.45) is 0 Å². The Morgan fingerprint density at radius 2 is 1.87 bits per heavy atom. The maximum absolute atomic E-state index is 14.1.